The van der Waals surface area contributed by atoms with Crippen molar-refractivity contribution in [1.29, 1.82) is 0 Å². The Hall–Kier alpha value is -7.76. The van der Waals surface area contributed by atoms with E-state index in [0.29, 0.717) is 86.6 Å². The van der Waals surface area contributed by atoms with Gasteiger partial charge in [0, 0.05) is 99.6 Å². The number of ether oxygens (including phenoxy) is 2. The van der Waals surface area contributed by atoms with Crippen LogP contribution in [0.2, 0.25) is 10.0 Å². The number of carbonyl (C=O) groups excluding carboxylic acids is 1. The molecule has 2 aliphatic rings. The lowest BCUT2D eigenvalue weighted by atomic mass is 10.1. The first-order valence-corrected chi connectivity index (χ1v) is 22.4. The van der Waals surface area contributed by atoms with Gasteiger partial charge in [-0.25, -0.2) is 39.3 Å². The largest absolute Gasteiger partial charge is 0.495 e. The number of nitrogen functional groups attached to an aromatic ring is 2. The molecule has 6 aromatic heterocycles. The highest BCUT2D eigenvalue weighted by Crippen LogP contribution is 2.33. The SMILES string of the molecule is COc1cc(N2CCN(C(=O)Cn3nc(-c4ncc[nH]4)c4c(N)ncnc43)[C@@H](C)C2)ccc1Cl.COc1cc(N2CCN[C@@H](C)C2)ccc1Cl.Nc1ncnc2c1c(-c1ncc[nH]1)nn2CC(=O)O. The number of aromatic nitrogens is 12. The minimum absolute atomic E-state index is 0.00557. The maximum Gasteiger partial charge on any atom is 0.325 e. The number of anilines is 4. The Balaban J connectivity index is 0.000000154. The van der Waals surface area contributed by atoms with E-state index in [2.05, 4.69) is 72.1 Å². The van der Waals surface area contributed by atoms with Crippen molar-refractivity contribution in [3.05, 3.63) is 83.9 Å². The lowest BCUT2D eigenvalue weighted by molar-refractivity contribution is -0.138. The number of hydrogen-bond acceptors (Lipinski definition) is 17. The number of nitrogens with one attached hydrogen (secondary N) is 3. The van der Waals surface area contributed by atoms with Crippen LogP contribution in [-0.4, -0.2) is 147 Å². The van der Waals surface area contributed by atoms with Gasteiger partial charge in [0.15, 0.2) is 22.9 Å². The molecule has 8 heterocycles. The molecule has 0 spiro atoms. The van der Waals surface area contributed by atoms with Gasteiger partial charge in [-0.3, -0.25) is 9.59 Å². The minimum atomic E-state index is -1.02. The van der Waals surface area contributed by atoms with E-state index in [4.69, 9.17) is 49.2 Å². The average Bonchev–Trinajstić information content (AvgIpc) is 4.19. The number of carboxylic acid groups (broad SMARTS) is 1. The molecule has 2 fully saturated rings. The molecule has 0 radical (unpaired) electrons. The number of aliphatic carboxylic acids is 1. The van der Waals surface area contributed by atoms with Crippen LogP contribution in [0.25, 0.3) is 45.1 Å². The lowest BCUT2D eigenvalue weighted by Crippen LogP contribution is -2.54. The summed E-state index contributed by atoms with van der Waals surface area (Å²) in [4.78, 5) is 61.2. The number of aromatic amines is 2. The van der Waals surface area contributed by atoms with Crippen molar-refractivity contribution >= 4 is 80.2 Å². The fourth-order valence-corrected chi connectivity index (χ4v) is 8.56. The minimum Gasteiger partial charge on any atom is -0.495 e. The van der Waals surface area contributed by atoms with Crippen molar-refractivity contribution in [3.8, 4) is 34.5 Å². The van der Waals surface area contributed by atoms with E-state index in [1.165, 1.54) is 23.0 Å². The van der Waals surface area contributed by atoms with Crippen molar-refractivity contribution in [2.45, 2.75) is 39.0 Å². The van der Waals surface area contributed by atoms with Gasteiger partial charge in [0.25, 0.3) is 0 Å². The topological polar surface area (TPSA) is 291 Å². The van der Waals surface area contributed by atoms with Gasteiger partial charge in [-0.15, -0.1) is 0 Å². The summed E-state index contributed by atoms with van der Waals surface area (Å²) in [6.45, 7) is 8.96. The molecule has 10 rings (SSSR count). The van der Waals surface area contributed by atoms with Crippen molar-refractivity contribution in [2.75, 3.05) is 74.8 Å². The van der Waals surface area contributed by atoms with E-state index < -0.39 is 5.97 Å². The number of fused-ring (bicyclic) bond motifs is 2. The van der Waals surface area contributed by atoms with Gasteiger partial charge in [0.2, 0.25) is 5.91 Å². The van der Waals surface area contributed by atoms with E-state index in [-0.39, 0.29) is 36.7 Å². The van der Waals surface area contributed by atoms with Gasteiger partial charge < -0.3 is 56.0 Å². The standard InChI is InChI=1S/C22H24ClN9O2.C12H17ClN2O.C10H9N7O2/c1-13-10-30(14-3-4-15(23)16(9-14)34-2)7-8-31(13)17(33)11-32-22-18(20(24)27-12-28-22)19(29-32)21-25-5-6-26-21;1-9-8-15(6-5-14-9)10-3-4-11(13)12(7-10)16-2;11-8-6-7(9-12-1-2-13-9)16-17(3-5(18)19)10(6)15-4-14-8/h3-6,9,12-13H,7-8,10-11H2,1-2H3,(H,25,26)(H2,24,27,28);3-4,7,9,14H,5-6,8H2,1-2H3;1-2,4H,3H2,(H,12,13)(H,18,19)(H2,11,14,15)/t13-;9-;/m00./s1. The van der Waals surface area contributed by atoms with Gasteiger partial charge in [-0.05, 0) is 38.1 Å². The van der Waals surface area contributed by atoms with E-state index in [9.17, 15) is 9.59 Å². The highest BCUT2D eigenvalue weighted by molar-refractivity contribution is 6.32. The zero-order chi connectivity index (χ0) is 48.8. The van der Waals surface area contributed by atoms with Gasteiger partial charge in [0.1, 0.15) is 60.3 Å². The second-order valence-electron chi connectivity index (χ2n) is 16.0. The first-order valence-electron chi connectivity index (χ1n) is 21.7. The van der Waals surface area contributed by atoms with Crippen LogP contribution >= 0.6 is 23.2 Å². The molecule has 23 nitrogen and oxygen atoms in total. The Morgan fingerprint density at radius 3 is 1.71 bits per heavy atom. The molecule has 2 atom stereocenters. The van der Waals surface area contributed by atoms with Crippen LogP contribution < -0.4 is 36.1 Å². The summed E-state index contributed by atoms with van der Waals surface area (Å²) in [5.41, 5.74) is 15.9. The molecule has 2 aliphatic heterocycles. The number of halogens is 2. The molecule has 360 valence electrons. The summed E-state index contributed by atoms with van der Waals surface area (Å²) in [5, 5.41) is 23.4. The normalized spacial score (nSPS) is 15.9. The number of amides is 1. The van der Waals surface area contributed by atoms with Crippen LogP contribution in [0.4, 0.5) is 23.0 Å². The summed E-state index contributed by atoms with van der Waals surface area (Å²) in [5.74, 6) is 1.84. The van der Waals surface area contributed by atoms with Crippen LogP contribution in [0.1, 0.15) is 13.8 Å². The molecule has 0 saturated carbocycles. The summed E-state index contributed by atoms with van der Waals surface area (Å²) in [6.07, 6.45) is 9.16. The Labute approximate surface area is 404 Å². The number of benzene rings is 2. The number of nitrogens with two attached hydrogens (primary N) is 2. The second kappa shape index (κ2) is 21.0. The molecule has 2 aromatic carbocycles. The number of H-pyrrole nitrogens is 2. The highest BCUT2D eigenvalue weighted by Gasteiger charge is 2.30. The van der Waals surface area contributed by atoms with Gasteiger partial charge in [-0.2, -0.15) is 10.2 Å². The number of carboxylic acids is 1. The number of nitrogens with zero attached hydrogens (tertiary/aromatic N) is 13. The predicted molar refractivity (Wildman–Crippen MR) is 261 cm³/mol. The Kier molecular flexibility index (Phi) is 14.6. The molecule has 8 N–H and O–H groups in total. The number of piperazine rings is 2. The van der Waals surface area contributed by atoms with Crippen molar-refractivity contribution in [3.63, 3.8) is 0 Å². The Morgan fingerprint density at radius 2 is 1.25 bits per heavy atom. The number of carbonyl (C=O) groups is 2. The molecular formula is C44H50Cl2N18O5. The number of hydrogen-bond donors (Lipinski definition) is 6. The molecule has 8 aromatic rings. The first kappa shape index (κ1) is 47.7. The van der Waals surface area contributed by atoms with E-state index in [1.54, 1.807) is 43.7 Å². The maximum atomic E-state index is 13.3. The molecule has 2 saturated heterocycles. The number of imidazole rings is 2. The second-order valence-corrected chi connectivity index (χ2v) is 16.8. The molecule has 0 bridgehead atoms. The molecule has 25 heteroatoms. The van der Waals surface area contributed by atoms with Crippen LogP contribution in [0.3, 0.4) is 0 Å². The van der Waals surface area contributed by atoms with Crippen molar-refractivity contribution < 1.29 is 24.2 Å². The summed E-state index contributed by atoms with van der Waals surface area (Å²) < 4.78 is 13.4. The number of methoxy groups -OCH3 is 2. The third-order valence-electron chi connectivity index (χ3n) is 11.4. The van der Waals surface area contributed by atoms with Gasteiger partial charge in [0.05, 0.1) is 35.0 Å². The monoisotopic (exact) mass is 980 g/mol. The lowest BCUT2D eigenvalue weighted by Gasteiger charge is -2.41. The first-order chi connectivity index (χ1) is 33.3. The molecular weight excluding hydrogens is 932 g/mol. The quantitative estimate of drug-likeness (QED) is 0.112. The summed E-state index contributed by atoms with van der Waals surface area (Å²) in [7, 11) is 3.24. The zero-order valence-electron chi connectivity index (χ0n) is 38.0. The van der Waals surface area contributed by atoms with E-state index >= 15 is 0 Å². The third-order valence-corrected chi connectivity index (χ3v) is 12.1. The van der Waals surface area contributed by atoms with E-state index in [0.717, 1.165) is 31.1 Å². The fraction of sp³-hybridized carbons (Fsp3) is 0.318. The summed E-state index contributed by atoms with van der Waals surface area (Å²) >= 11 is 12.2. The van der Waals surface area contributed by atoms with Crippen LogP contribution in [0, 0.1) is 0 Å². The van der Waals surface area contributed by atoms with Crippen LogP contribution in [0.15, 0.2) is 73.8 Å². The van der Waals surface area contributed by atoms with Gasteiger partial charge in [-0.1, -0.05) is 23.2 Å². The predicted octanol–water partition coefficient (Wildman–Crippen LogP) is 4.23. The zero-order valence-corrected chi connectivity index (χ0v) is 39.6. The van der Waals surface area contributed by atoms with Crippen LogP contribution in [-0.2, 0) is 22.7 Å². The smallest absolute Gasteiger partial charge is 0.325 e. The molecule has 0 unspecified atom stereocenters. The molecule has 0 aliphatic carbocycles. The van der Waals surface area contributed by atoms with Crippen LogP contribution in [0.5, 0.6) is 11.5 Å². The molecule has 69 heavy (non-hydrogen) atoms. The maximum absolute atomic E-state index is 13.3. The van der Waals surface area contributed by atoms with E-state index in [1.807, 2.05) is 48.2 Å². The Morgan fingerprint density at radius 1 is 0.725 bits per heavy atom. The molecule has 1 amide bonds. The summed E-state index contributed by atoms with van der Waals surface area (Å²) in [6, 6.07) is 12.2. The highest BCUT2D eigenvalue weighted by atomic mass is 35.5. The van der Waals surface area contributed by atoms with Crippen molar-refractivity contribution in [2.24, 2.45) is 0 Å². The fourth-order valence-electron chi connectivity index (χ4n) is 8.17. The third kappa shape index (κ3) is 10.5. The average molecular weight is 982 g/mol. The number of rotatable bonds is 10. The van der Waals surface area contributed by atoms with Gasteiger partial charge >= 0.3 is 5.97 Å². The van der Waals surface area contributed by atoms with Crippen molar-refractivity contribution in [1.82, 2.24) is 69.6 Å². The Bertz CT molecular complexity index is 3050.